The molecule has 2 N–H and O–H groups in total. The Morgan fingerprint density at radius 1 is 1.02 bits per heavy atom. The van der Waals surface area contributed by atoms with E-state index in [0.29, 0.717) is 17.8 Å². The van der Waals surface area contributed by atoms with Crippen LogP contribution in [0.15, 0.2) is 48.5 Å². The number of nitrogens with one attached hydrogen (secondary N) is 1. The lowest BCUT2D eigenvalue weighted by Crippen LogP contribution is -2.39. The Balaban J connectivity index is 1.66. The molecule has 0 aliphatic carbocycles. The van der Waals surface area contributed by atoms with E-state index in [1.807, 2.05) is 46.8 Å². The van der Waals surface area contributed by atoms with Gasteiger partial charge < -0.3 is 20.1 Å². The van der Waals surface area contributed by atoms with E-state index in [2.05, 4.69) is 48.3 Å². The van der Waals surface area contributed by atoms with Crippen LogP contribution in [0.2, 0.25) is 0 Å². The molecule has 1 aliphatic heterocycles. The molecule has 4 rings (SSSR count). The van der Waals surface area contributed by atoms with Gasteiger partial charge in [-0.2, -0.15) is 0 Å². The number of halogens is 1. The highest BCUT2D eigenvalue weighted by atomic mass is 19.1. The maximum Gasteiger partial charge on any atom is 0.337 e. The molecular weight excluding hydrogens is 529 g/mol. The predicted molar refractivity (Wildman–Crippen MR) is 167 cm³/mol. The fourth-order valence-corrected chi connectivity index (χ4v) is 5.66. The van der Waals surface area contributed by atoms with Crippen molar-refractivity contribution < 1.29 is 19.0 Å². The van der Waals surface area contributed by atoms with Crippen LogP contribution in [0.3, 0.4) is 0 Å². The van der Waals surface area contributed by atoms with Crippen LogP contribution < -0.4 is 10.2 Å². The Hall–Kier alpha value is -3.29. The summed E-state index contributed by atoms with van der Waals surface area (Å²) in [5.41, 5.74) is 6.96. The zero-order chi connectivity index (χ0) is 30.7. The first-order valence-corrected chi connectivity index (χ1v) is 15.0. The van der Waals surface area contributed by atoms with Gasteiger partial charge in [-0.1, -0.05) is 50.2 Å². The molecule has 42 heavy (non-hydrogen) atoms. The average molecular weight is 576 g/mol. The Labute approximate surface area is 250 Å². The second-order valence-corrected chi connectivity index (χ2v) is 13.3. The number of carboxylic acid groups (broad SMARTS) is 1. The van der Waals surface area contributed by atoms with Gasteiger partial charge in [-0.05, 0) is 94.7 Å². The third kappa shape index (κ3) is 7.96. The largest absolute Gasteiger partial charge is 0.479 e. The van der Waals surface area contributed by atoms with E-state index in [9.17, 15) is 14.3 Å². The first-order chi connectivity index (χ1) is 19.7. The number of pyridine rings is 1. The highest BCUT2D eigenvalue weighted by molar-refractivity contribution is 5.88. The number of aryl methyl sites for hydroxylation is 2. The Morgan fingerprint density at radius 2 is 1.62 bits per heavy atom. The summed E-state index contributed by atoms with van der Waals surface area (Å²) in [5, 5.41) is 13.9. The van der Waals surface area contributed by atoms with Crippen molar-refractivity contribution in [2.24, 2.45) is 5.41 Å². The molecule has 1 atom stereocenters. The second kappa shape index (κ2) is 12.9. The van der Waals surface area contributed by atoms with Crippen molar-refractivity contribution >= 4 is 11.7 Å². The number of hydrogen-bond acceptors (Lipinski definition) is 5. The molecule has 1 aliphatic rings. The zero-order valence-corrected chi connectivity index (χ0v) is 26.2. The molecule has 0 spiro atoms. The molecule has 226 valence electrons. The van der Waals surface area contributed by atoms with Gasteiger partial charge in [-0.3, -0.25) is 4.98 Å². The molecule has 0 unspecified atom stereocenters. The van der Waals surface area contributed by atoms with E-state index in [-0.39, 0.29) is 11.2 Å². The van der Waals surface area contributed by atoms with Crippen LogP contribution in [-0.4, -0.2) is 41.3 Å². The van der Waals surface area contributed by atoms with E-state index >= 15 is 0 Å². The number of piperidine rings is 1. The van der Waals surface area contributed by atoms with E-state index in [0.717, 1.165) is 72.5 Å². The van der Waals surface area contributed by atoms with Crippen LogP contribution in [-0.2, 0) is 22.5 Å². The SMILES string of the molecule is Cc1nc(C)c([C@H](OC(C)(C)C)C(=O)O)c(N2CCC(C)(C)CC2)c1-c1ccc(CNCCc2ccc(F)cc2)cc1. The summed E-state index contributed by atoms with van der Waals surface area (Å²) in [5.74, 6) is -1.23. The lowest BCUT2D eigenvalue weighted by Gasteiger charge is -2.41. The first kappa shape index (κ1) is 31.6. The van der Waals surface area contributed by atoms with E-state index in [1.165, 1.54) is 12.1 Å². The van der Waals surface area contributed by atoms with Crippen molar-refractivity contribution in [1.29, 1.82) is 0 Å². The van der Waals surface area contributed by atoms with Gasteiger partial charge >= 0.3 is 5.97 Å². The lowest BCUT2D eigenvalue weighted by atomic mass is 9.81. The van der Waals surface area contributed by atoms with E-state index < -0.39 is 17.7 Å². The van der Waals surface area contributed by atoms with Crippen LogP contribution >= 0.6 is 0 Å². The molecule has 0 amide bonds. The molecule has 2 heterocycles. The summed E-state index contributed by atoms with van der Waals surface area (Å²) >= 11 is 0. The van der Waals surface area contributed by atoms with Crippen LogP contribution in [0.5, 0.6) is 0 Å². The molecule has 0 saturated carbocycles. The fraction of sp³-hybridized carbons (Fsp3) is 0.486. The Kier molecular flexibility index (Phi) is 9.74. The van der Waals surface area contributed by atoms with Gasteiger partial charge in [0.05, 0.1) is 11.3 Å². The van der Waals surface area contributed by atoms with Crippen molar-refractivity contribution in [2.45, 2.75) is 86.0 Å². The number of anilines is 1. The number of nitrogens with zero attached hydrogens (tertiary/aromatic N) is 2. The van der Waals surface area contributed by atoms with Crippen LogP contribution in [0, 0.1) is 25.1 Å². The third-order valence-electron chi connectivity index (χ3n) is 8.05. The van der Waals surface area contributed by atoms with Gasteiger partial charge in [0.2, 0.25) is 0 Å². The lowest BCUT2D eigenvalue weighted by molar-refractivity contribution is -0.160. The molecule has 3 aromatic rings. The number of aliphatic carboxylic acids is 1. The second-order valence-electron chi connectivity index (χ2n) is 13.3. The minimum Gasteiger partial charge on any atom is -0.479 e. The van der Waals surface area contributed by atoms with Crippen molar-refractivity contribution in [1.82, 2.24) is 10.3 Å². The molecule has 1 aromatic heterocycles. The highest BCUT2D eigenvalue weighted by Gasteiger charge is 2.36. The number of aromatic nitrogens is 1. The molecule has 6 nitrogen and oxygen atoms in total. The fourth-order valence-electron chi connectivity index (χ4n) is 5.66. The van der Waals surface area contributed by atoms with Gasteiger partial charge in [-0.15, -0.1) is 0 Å². The maximum atomic E-state index is 13.2. The number of hydrogen-bond donors (Lipinski definition) is 2. The Bertz CT molecular complexity index is 1370. The van der Waals surface area contributed by atoms with Crippen molar-refractivity contribution in [2.75, 3.05) is 24.5 Å². The third-order valence-corrected chi connectivity index (χ3v) is 8.05. The standard InChI is InChI=1S/C35H46FN3O3/c1-23-29(27-12-8-26(9-13-27)22-37-19-16-25-10-14-28(36)15-11-25)31(39-20-17-35(6,7)18-21-39)30(24(2)38-23)32(33(40)41)42-34(3,4)5/h8-15,32,37H,16-22H2,1-7H3,(H,40,41)/t32-/m0/s1. The number of benzene rings is 2. The summed E-state index contributed by atoms with van der Waals surface area (Å²) < 4.78 is 19.4. The van der Waals surface area contributed by atoms with Crippen LogP contribution in [0.1, 0.15) is 81.6 Å². The number of carboxylic acids is 1. The quantitative estimate of drug-likeness (QED) is 0.245. The summed E-state index contributed by atoms with van der Waals surface area (Å²) in [6.07, 6.45) is 1.73. The summed E-state index contributed by atoms with van der Waals surface area (Å²) in [4.78, 5) is 19.9. The molecule has 2 aromatic carbocycles. The topological polar surface area (TPSA) is 74.7 Å². The molecule has 1 saturated heterocycles. The first-order valence-electron chi connectivity index (χ1n) is 15.0. The average Bonchev–Trinajstić information content (AvgIpc) is 2.91. The van der Waals surface area contributed by atoms with Crippen molar-refractivity contribution in [3.05, 3.63) is 82.4 Å². The molecule has 7 heteroatoms. The zero-order valence-electron chi connectivity index (χ0n) is 26.2. The maximum absolute atomic E-state index is 13.2. The van der Waals surface area contributed by atoms with Crippen molar-refractivity contribution in [3.8, 4) is 11.1 Å². The minimum absolute atomic E-state index is 0.217. The van der Waals surface area contributed by atoms with E-state index in [4.69, 9.17) is 9.72 Å². The number of rotatable bonds is 10. The normalized spacial score (nSPS) is 16.0. The molecule has 0 radical (unpaired) electrons. The van der Waals surface area contributed by atoms with Gasteiger partial charge in [0, 0.05) is 42.1 Å². The van der Waals surface area contributed by atoms with Gasteiger partial charge in [-0.25, -0.2) is 9.18 Å². The highest BCUT2D eigenvalue weighted by Crippen LogP contribution is 2.44. The predicted octanol–water partition coefficient (Wildman–Crippen LogP) is 7.40. The van der Waals surface area contributed by atoms with Crippen molar-refractivity contribution in [3.63, 3.8) is 0 Å². The minimum atomic E-state index is -1.13. The molecule has 1 fully saturated rings. The number of ether oxygens (including phenoxy) is 1. The summed E-state index contributed by atoms with van der Waals surface area (Å²) in [7, 11) is 0. The van der Waals surface area contributed by atoms with E-state index in [1.54, 1.807) is 0 Å². The van der Waals surface area contributed by atoms with Gasteiger partial charge in [0.1, 0.15) is 5.82 Å². The number of carbonyl (C=O) groups is 1. The van der Waals surface area contributed by atoms with Gasteiger partial charge in [0.15, 0.2) is 6.10 Å². The smallest absolute Gasteiger partial charge is 0.337 e. The molecule has 0 bridgehead atoms. The summed E-state index contributed by atoms with van der Waals surface area (Å²) in [6, 6.07) is 15.1. The van der Waals surface area contributed by atoms with Crippen LogP contribution in [0.25, 0.3) is 11.1 Å². The monoisotopic (exact) mass is 575 g/mol. The molecular formula is C35H46FN3O3. The van der Waals surface area contributed by atoms with Crippen LogP contribution in [0.4, 0.5) is 10.1 Å². The Morgan fingerprint density at radius 3 is 2.19 bits per heavy atom. The van der Waals surface area contributed by atoms with Gasteiger partial charge in [0.25, 0.3) is 0 Å². The summed E-state index contributed by atoms with van der Waals surface area (Å²) in [6.45, 7) is 17.3.